The van der Waals surface area contributed by atoms with Gasteiger partial charge in [0.15, 0.2) is 0 Å². The quantitative estimate of drug-likeness (QED) is 0.551. The monoisotopic (exact) mass is 158 g/mol. The maximum Gasteiger partial charge on any atom is -0.0157 e. The first kappa shape index (κ1) is 8.79. The fourth-order valence-corrected chi connectivity index (χ4v) is 1.07. The Morgan fingerprint density at radius 1 is 1.50 bits per heavy atom. The fraction of sp³-hybridized carbons (Fsp3) is 0.167. The van der Waals surface area contributed by atoms with Gasteiger partial charge in [0.2, 0.25) is 0 Å². The van der Waals surface area contributed by atoms with Crippen molar-refractivity contribution in [2.75, 3.05) is 0 Å². The van der Waals surface area contributed by atoms with Crippen molar-refractivity contribution in [2.45, 2.75) is 13.3 Å². The Morgan fingerprint density at radius 2 is 2.33 bits per heavy atom. The van der Waals surface area contributed by atoms with Crippen LogP contribution < -0.4 is 0 Å². The van der Waals surface area contributed by atoms with Gasteiger partial charge in [-0.3, -0.25) is 0 Å². The molecule has 0 aromatic carbocycles. The smallest absolute Gasteiger partial charge is 0.0157 e. The highest BCUT2D eigenvalue weighted by molar-refractivity contribution is 5.40. The second-order valence-electron chi connectivity index (χ2n) is 2.75. The maximum absolute atomic E-state index is 3.88. The van der Waals surface area contributed by atoms with E-state index in [2.05, 4.69) is 30.9 Å². The van der Waals surface area contributed by atoms with E-state index in [1.54, 1.807) is 0 Å². The molecule has 0 aromatic rings. The van der Waals surface area contributed by atoms with Crippen molar-refractivity contribution in [3.8, 4) is 0 Å². The van der Waals surface area contributed by atoms with Crippen LogP contribution in [0, 0.1) is 0 Å². The molecule has 0 atom stereocenters. The molecule has 62 valence electrons. The molecule has 0 heterocycles. The molecule has 0 saturated carbocycles. The Balaban J connectivity index is 2.49. The van der Waals surface area contributed by atoms with Crippen LogP contribution in [-0.2, 0) is 0 Å². The standard InChI is InChI=1S/C12H14/c1-3-6-11(2)9-10-12-7-4-5-8-12/h3-4,6-10H,2,5H2,1H3/b6-3-,10-9-. The summed E-state index contributed by atoms with van der Waals surface area (Å²) in [6.07, 6.45) is 15.6. The third-order valence-electron chi connectivity index (χ3n) is 1.67. The van der Waals surface area contributed by atoms with Crippen LogP contribution in [0.1, 0.15) is 13.3 Å². The number of rotatable bonds is 3. The molecule has 0 aromatic heterocycles. The summed E-state index contributed by atoms with van der Waals surface area (Å²) < 4.78 is 0. The minimum atomic E-state index is 1.04. The average Bonchev–Trinajstić information content (AvgIpc) is 2.53. The van der Waals surface area contributed by atoms with Gasteiger partial charge in [-0.25, -0.2) is 0 Å². The van der Waals surface area contributed by atoms with E-state index in [-0.39, 0.29) is 0 Å². The molecule has 0 nitrogen and oxygen atoms in total. The number of hydrogen-bond acceptors (Lipinski definition) is 0. The molecule has 1 aliphatic rings. The highest BCUT2D eigenvalue weighted by atomic mass is 14.0. The second kappa shape index (κ2) is 4.55. The van der Waals surface area contributed by atoms with Crippen molar-refractivity contribution < 1.29 is 0 Å². The number of hydrogen-bond donors (Lipinski definition) is 0. The Kier molecular flexibility index (Phi) is 3.34. The summed E-state index contributed by atoms with van der Waals surface area (Å²) in [5.41, 5.74) is 2.32. The van der Waals surface area contributed by atoms with Crippen LogP contribution >= 0.6 is 0 Å². The summed E-state index contributed by atoms with van der Waals surface area (Å²) in [5, 5.41) is 0. The van der Waals surface area contributed by atoms with E-state index < -0.39 is 0 Å². The fourth-order valence-electron chi connectivity index (χ4n) is 1.07. The van der Waals surface area contributed by atoms with Crippen LogP contribution in [0.5, 0.6) is 0 Å². The summed E-state index contributed by atoms with van der Waals surface area (Å²) in [6, 6.07) is 0. The van der Waals surface area contributed by atoms with Gasteiger partial charge in [0.05, 0.1) is 0 Å². The van der Waals surface area contributed by atoms with Crippen molar-refractivity contribution in [2.24, 2.45) is 0 Å². The van der Waals surface area contributed by atoms with Crippen molar-refractivity contribution in [1.82, 2.24) is 0 Å². The molecule has 0 radical (unpaired) electrons. The first-order valence-corrected chi connectivity index (χ1v) is 4.19. The summed E-state index contributed by atoms with van der Waals surface area (Å²) >= 11 is 0. The molecular weight excluding hydrogens is 144 g/mol. The first-order valence-electron chi connectivity index (χ1n) is 4.19. The van der Waals surface area contributed by atoms with Crippen molar-refractivity contribution in [3.05, 3.63) is 60.3 Å². The third kappa shape index (κ3) is 2.75. The molecular formula is C12H14. The lowest BCUT2D eigenvalue weighted by molar-refractivity contribution is 1.44. The maximum atomic E-state index is 3.88. The summed E-state index contributed by atoms with van der Waals surface area (Å²) in [7, 11) is 0. The van der Waals surface area contributed by atoms with E-state index >= 15 is 0 Å². The Labute approximate surface area is 74.3 Å². The van der Waals surface area contributed by atoms with E-state index in [9.17, 15) is 0 Å². The van der Waals surface area contributed by atoms with E-state index in [1.165, 1.54) is 5.57 Å². The SMILES string of the molecule is C=C(/C=C\C)/C=C\C1=CCC=C1. The van der Waals surface area contributed by atoms with Gasteiger partial charge >= 0.3 is 0 Å². The van der Waals surface area contributed by atoms with Gasteiger partial charge in [-0.2, -0.15) is 0 Å². The molecule has 0 amide bonds. The Morgan fingerprint density at radius 3 is 2.92 bits per heavy atom. The topological polar surface area (TPSA) is 0 Å². The van der Waals surface area contributed by atoms with E-state index in [4.69, 9.17) is 0 Å². The van der Waals surface area contributed by atoms with Gasteiger partial charge in [0, 0.05) is 0 Å². The molecule has 0 heteroatoms. The molecule has 1 aliphatic carbocycles. The minimum Gasteiger partial charge on any atom is -0.0918 e. The van der Waals surface area contributed by atoms with Crippen LogP contribution in [0.2, 0.25) is 0 Å². The van der Waals surface area contributed by atoms with Gasteiger partial charge in [-0.05, 0) is 24.5 Å². The zero-order valence-corrected chi connectivity index (χ0v) is 7.46. The van der Waals surface area contributed by atoms with Gasteiger partial charge in [-0.1, -0.05) is 49.1 Å². The predicted octanol–water partition coefficient (Wildman–Crippen LogP) is 3.56. The van der Waals surface area contributed by atoms with Crippen LogP contribution in [-0.4, -0.2) is 0 Å². The number of allylic oxidation sites excluding steroid dienone is 9. The van der Waals surface area contributed by atoms with Crippen LogP contribution in [0.25, 0.3) is 0 Å². The molecule has 0 unspecified atom stereocenters. The molecule has 0 fully saturated rings. The lowest BCUT2D eigenvalue weighted by Crippen LogP contribution is -1.68. The van der Waals surface area contributed by atoms with Gasteiger partial charge in [-0.15, -0.1) is 0 Å². The van der Waals surface area contributed by atoms with Crippen LogP contribution in [0.3, 0.4) is 0 Å². The van der Waals surface area contributed by atoms with Crippen molar-refractivity contribution in [3.63, 3.8) is 0 Å². The second-order valence-corrected chi connectivity index (χ2v) is 2.75. The van der Waals surface area contributed by atoms with Gasteiger partial charge < -0.3 is 0 Å². The van der Waals surface area contributed by atoms with Gasteiger partial charge in [0.1, 0.15) is 0 Å². The molecule has 0 bridgehead atoms. The normalized spacial score (nSPS) is 16.2. The molecule has 12 heavy (non-hydrogen) atoms. The molecule has 0 saturated heterocycles. The lowest BCUT2D eigenvalue weighted by Gasteiger charge is -1.88. The molecule has 0 spiro atoms. The largest absolute Gasteiger partial charge is 0.0918 e. The predicted molar refractivity (Wildman–Crippen MR) is 54.9 cm³/mol. The van der Waals surface area contributed by atoms with Crippen molar-refractivity contribution >= 4 is 0 Å². The van der Waals surface area contributed by atoms with E-state index in [0.29, 0.717) is 0 Å². The zero-order chi connectivity index (χ0) is 8.81. The zero-order valence-electron chi connectivity index (χ0n) is 7.46. The van der Waals surface area contributed by atoms with Crippen LogP contribution in [0.4, 0.5) is 0 Å². The summed E-state index contributed by atoms with van der Waals surface area (Å²) in [5.74, 6) is 0. The molecule has 0 N–H and O–H groups in total. The van der Waals surface area contributed by atoms with Crippen LogP contribution in [0.15, 0.2) is 60.3 Å². The Hall–Kier alpha value is -1.30. The highest BCUT2D eigenvalue weighted by Crippen LogP contribution is 2.10. The highest BCUT2D eigenvalue weighted by Gasteiger charge is 1.90. The lowest BCUT2D eigenvalue weighted by atomic mass is 10.2. The van der Waals surface area contributed by atoms with Gasteiger partial charge in [0.25, 0.3) is 0 Å². The molecule has 1 rings (SSSR count). The van der Waals surface area contributed by atoms with E-state index in [1.807, 2.05) is 25.2 Å². The Bertz CT molecular complexity index is 272. The third-order valence-corrected chi connectivity index (χ3v) is 1.67. The summed E-state index contributed by atoms with van der Waals surface area (Å²) in [6.45, 7) is 5.87. The van der Waals surface area contributed by atoms with Crippen molar-refractivity contribution in [1.29, 1.82) is 0 Å². The molecule has 0 aliphatic heterocycles. The van der Waals surface area contributed by atoms with E-state index in [0.717, 1.165) is 12.0 Å². The first-order chi connectivity index (χ1) is 5.83. The average molecular weight is 158 g/mol. The summed E-state index contributed by atoms with van der Waals surface area (Å²) in [4.78, 5) is 0. The minimum absolute atomic E-state index is 1.04.